The second-order valence-electron chi connectivity index (χ2n) is 7.88. The molecule has 0 fully saturated rings. The van der Waals surface area contributed by atoms with Crippen LogP contribution in [0.4, 0.5) is 0 Å². The Hall–Kier alpha value is -2.83. The standard InChI is InChI=1S/C24H35N3O4/c1-8-11-12-30-22-21(20-17(9-2)13-16(4)14-18(20)10-3)24(29)27(7)25-23(22)31-15-19(28)26(5)6/h13-14H,8-12,15H2,1-7H3. The molecule has 0 spiro atoms. The van der Waals surface area contributed by atoms with E-state index in [-0.39, 0.29) is 24.0 Å². The molecule has 2 rings (SSSR count). The Morgan fingerprint density at radius 3 is 2.19 bits per heavy atom. The van der Waals surface area contributed by atoms with E-state index in [9.17, 15) is 9.59 Å². The van der Waals surface area contributed by atoms with E-state index in [4.69, 9.17) is 9.47 Å². The normalized spacial score (nSPS) is 10.8. The Morgan fingerprint density at radius 2 is 1.68 bits per heavy atom. The second-order valence-corrected chi connectivity index (χ2v) is 7.88. The van der Waals surface area contributed by atoms with E-state index in [1.807, 2.05) is 0 Å². The maximum atomic E-state index is 13.3. The van der Waals surface area contributed by atoms with Gasteiger partial charge in [0.1, 0.15) is 0 Å². The number of aryl methyl sites for hydroxylation is 4. The third-order valence-electron chi connectivity index (χ3n) is 5.20. The molecular formula is C24H35N3O4. The lowest BCUT2D eigenvalue weighted by molar-refractivity contribution is -0.130. The number of aromatic nitrogens is 2. The molecule has 7 heteroatoms. The first-order valence-electron chi connectivity index (χ1n) is 10.9. The van der Waals surface area contributed by atoms with Crippen LogP contribution in [0.25, 0.3) is 11.1 Å². The van der Waals surface area contributed by atoms with Crippen molar-refractivity contribution in [3.8, 4) is 22.8 Å². The Bertz CT molecular complexity index is 955. The quantitative estimate of drug-likeness (QED) is 0.540. The lowest BCUT2D eigenvalue weighted by Gasteiger charge is -2.20. The van der Waals surface area contributed by atoms with Crippen LogP contribution in [0.15, 0.2) is 16.9 Å². The summed E-state index contributed by atoms with van der Waals surface area (Å²) >= 11 is 0. The summed E-state index contributed by atoms with van der Waals surface area (Å²) in [5.41, 5.74) is 4.41. The van der Waals surface area contributed by atoms with E-state index in [1.165, 1.54) is 9.58 Å². The predicted molar refractivity (Wildman–Crippen MR) is 123 cm³/mol. The maximum Gasteiger partial charge on any atom is 0.278 e. The van der Waals surface area contributed by atoms with Crippen LogP contribution in [0.2, 0.25) is 0 Å². The molecule has 7 nitrogen and oxygen atoms in total. The predicted octanol–water partition coefficient (Wildman–Crippen LogP) is 3.53. The van der Waals surface area contributed by atoms with Crippen molar-refractivity contribution in [1.29, 1.82) is 0 Å². The molecule has 1 amide bonds. The van der Waals surface area contributed by atoms with Gasteiger partial charge < -0.3 is 14.4 Å². The number of unbranched alkanes of at least 4 members (excludes halogenated alkanes) is 1. The number of hydrogen-bond acceptors (Lipinski definition) is 5. The van der Waals surface area contributed by atoms with Crippen molar-refractivity contribution in [2.75, 3.05) is 27.3 Å². The first kappa shape index (κ1) is 24.4. The monoisotopic (exact) mass is 429 g/mol. The highest BCUT2D eigenvalue weighted by Crippen LogP contribution is 2.38. The highest BCUT2D eigenvalue weighted by molar-refractivity contribution is 5.79. The van der Waals surface area contributed by atoms with Crippen molar-refractivity contribution in [3.05, 3.63) is 39.2 Å². The number of ether oxygens (including phenoxy) is 2. The Labute approximate surface area is 185 Å². The Balaban J connectivity index is 2.76. The van der Waals surface area contributed by atoms with E-state index >= 15 is 0 Å². The molecule has 1 heterocycles. The van der Waals surface area contributed by atoms with Crippen molar-refractivity contribution in [3.63, 3.8) is 0 Å². The lowest BCUT2D eigenvalue weighted by atomic mass is 9.90. The number of hydrogen-bond donors (Lipinski definition) is 0. The van der Waals surface area contributed by atoms with E-state index in [1.54, 1.807) is 21.1 Å². The second kappa shape index (κ2) is 11.0. The van der Waals surface area contributed by atoms with E-state index in [0.717, 1.165) is 47.9 Å². The van der Waals surface area contributed by atoms with Crippen LogP contribution in [-0.2, 0) is 24.7 Å². The zero-order valence-electron chi connectivity index (χ0n) is 19.9. The van der Waals surface area contributed by atoms with E-state index in [2.05, 4.69) is 44.9 Å². The molecule has 0 radical (unpaired) electrons. The largest absolute Gasteiger partial charge is 0.487 e. The highest BCUT2D eigenvalue weighted by Gasteiger charge is 2.25. The number of carbonyl (C=O) groups excluding carboxylic acids is 1. The average molecular weight is 430 g/mol. The van der Waals surface area contributed by atoms with Crippen molar-refractivity contribution in [1.82, 2.24) is 14.7 Å². The molecule has 0 aliphatic rings. The minimum absolute atomic E-state index is 0.160. The molecule has 0 atom stereocenters. The summed E-state index contributed by atoms with van der Waals surface area (Å²) in [5.74, 6) is 0.278. The number of benzene rings is 1. The molecule has 0 unspecified atom stereocenters. The topological polar surface area (TPSA) is 73.7 Å². The zero-order valence-corrected chi connectivity index (χ0v) is 19.9. The molecule has 0 saturated heterocycles. The highest BCUT2D eigenvalue weighted by atomic mass is 16.5. The molecule has 0 aliphatic heterocycles. The van der Waals surface area contributed by atoms with E-state index in [0.29, 0.717) is 17.9 Å². The third-order valence-corrected chi connectivity index (χ3v) is 5.20. The fraction of sp³-hybridized carbons (Fsp3) is 0.542. The van der Waals surface area contributed by atoms with Crippen molar-refractivity contribution >= 4 is 5.91 Å². The van der Waals surface area contributed by atoms with Gasteiger partial charge in [-0.3, -0.25) is 9.59 Å². The molecular weight excluding hydrogens is 394 g/mol. The summed E-state index contributed by atoms with van der Waals surface area (Å²) < 4.78 is 13.1. The van der Waals surface area contributed by atoms with Gasteiger partial charge in [0.2, 0.25) is 0 Å². The van der Waals surface area contributed by atoms with Gasteiger partial charge >= 0.3 is 0 Å². The van der Waals surface area contributed by atoms with Crippen LogP contribution in [-0.4, -0.2) is 47.9 Å². The molecule has 2 aromatic rings. The van der Waals surface area contributed by atoms with E-state index < -0.39 is 0 Å². The van der Waals surface area contributed by atoms with Crippen LogP contribution in [0, 0.1) is 6.92 Å². The fourth-order valence-corrected chi connectivity index (χ4v) is 3.44. The van der Waals surface area contributed by atoms with Gasteiger partial charge in [-0.1, -0.05) is 44.9 Å². The molecule has 170 valence electrons. The smallest absolute Gasteiger partial charge is 0.278 e. The number of carbonyl (C=O) groups is 1. The molecule has 0 aliphatic carbocycles. The molecule has 1 aromatic carbocycles. The summed E-state index contributed by atoms with van der Waals surface area (Å²) in [5, 5.41) is 4.28. The van der Waals surface area contributed by atoms with Crippen LogP contribution in [0.3, 0.4) is 0 Å². The van der Waals surface area contributed by atoms with Gasteiger partial charge in [-0.2, -0.15) is 0 Å². The number of rotatable bonds is 10. The van der Waals surface area contributed by atoms with Gasteiger partial charge in [-0.25, -0.2) is 4.68 Å². The Kier molecular flexibility index (Phi) is 8.65. The summed E-state index contributed by atoms with van der Waals surface area (Å²) in [6.07, 6.45) is 3.34. The average Bonchev–Trinajstić information content (AvgIpc) is 2.74. The van der Waals surface area contributed by atoms with Crippen LogP contribution < -0.4 is 15.0 Å². The molecule has 0 saturated carbocycles. The van der Waals surface area contributed by atoms with Gasteiger partial charge in [-0.15, -0.1) is 5.10 Å². The minimum Gasteiger partial charge on any atom is -0.487 e. The minimum atomic E-state index is -0.244. The number of nitrogens with zero attached hydrogens (tertiary/aromatic N) is 3. The number of amides is 1. The summed E-state index contributed by atoms with van der Waals surface area (Å²) in [6, 6.07) is 4.22. The molecule has 0 N–H and O–H groups in total. The molecule has 1 aromatic heterocycles. The van der Waals surface area contributed by atoms with Crippen molar-refractivity contribution in [2.24, 2.45) is 7.05 Å². The van der Waals surface area contributed by atoms with Gasteiger partial charge in [0.15, 0.2) is 12.4 Å². The summed E-state index contributed by atoms with van der Waals surface area (Å²) in [6.45, 7) is 8.54. The fourth-order valence-electron chi connectivity index (χ4n) is 3.44. The van der Waals surface area contributed by atoms with Gasteiger partial charge in [0.05, 0.1) is 12.2 Å². The lowest BCUT2D eigenvalue weighted by Crippen LogP contribution is -2.29. The third kappa shape index (κ3) is 5.66. The van der Waals surface area contributed by atoms with Crippen LogP contribution >= 0.6 is 0 Å². The number of likely N-dealkylation sites (N-methyl/N-ethyl adjacent to an activating group) is 1. The summed E-state index contributed by atoms with van der Waals surface area (Å²) in [4.78, 5) is 26.9. The van der Waals surface area contributed by atoms with Gasteiger partial charge in [0, 0.05) is 21.1 Å². The molecule has 0 bridgehead atoms. The van der Waals surface area contributed by atoms with Crippen LogP contribution in [0.5, 0.6) is 11.6 Å². The van der Waals surface area contributed by atoms with Crippen LogP contribution in [0.1, 0.15) is 50.3 Å². The SMILES string of the molecule is CCCCOc1c(OCC(=O)N(C)C)nn(C)c(=O)c1-c1c(CC)cc(C)cc1CC. The van der Waals surface area contributed by atoms with Gasteiger partial charge in [-0.05, 0) is 42.9 Å². The zero-order chi connectivity index (χ0) is 23.1. The maximum absolute atomic E-state index is 13.3. The Morgan fingerprint density at radius 1 is 1.06 bits per heavy atom. The molecule has 31 heavy (non-hydrogen) atoms. The van der Waals surface area contributed by atoms with Crippen molar-refractivity contribution in [2.45, 2.75) is 53.4 Å². The summed E-state index contributed by atoms with van der Waals surface area (Å²) in [7, 11) is 4.92. The van der Waals surface area contributed by atoms with Gasteiger partial charge in [0.25, 0.3) is 17.3 Å². The van der Waals surface area contributed by atoms with Crippen molar-refractivity contribution < 1.29 is 14.3 Å². The first-order valence-corrected chi connectivity index (χ1v) is 10.9. The first-order chi connectivity index (χ1) is 14.7.